The van der Waals surface area contributed by atoms with E-state index in [-0.39, 0.29) is 31.1 Å². The van der Waals surface area contributed by atoms with Gasteiger partial charge in [-0.25, -0.2) is 4.79 Å². The standard InChI is InChI=1S/C16H24ClN5O5/c1-3-22-13-11(12(18)20-14(21-13)25-10-9-24-2)19-15(22)27-16(23)26-8-6-4-5-7-17/h3-10H2,1-2H3,(H2,18,20,21). The zero-order valence-electron chi connectivity index (χ0n) is 15.4. The highest BCUT2D eigenvalue weighted by Gasteiger charge is 2.20. The average molecular weight is 402 g/mol. The van der Waals surface area contributed by atoms with Crippen LogP contribution in [0.2, 0.25) is 0 Å². The molecule has 0 fully saturated rings. The van der Waals surface area contributed by atoms with E-state index in [1.54, 1.807) is 11.7 Å². The van der Waals surface area contributed by atoms with Crippen molar-refractivity contribution in [2.24, 2.45) is 0 Å². The Morgan fingerprint density at radius 2 is 1.96 bits per heavy atom. The minimum atomic E-state index is -0.839. The van der Waals surface area contributed by atoms with Crippen LogP contribution < -0.4 is 15.2 Å². The normalized spacial score (nSPS) is 10.9. The van der Waals surface area contributed by atoms with Crippen molar-refractivity contribution in [1.29, 1.82) is 0 Å². The van der Waals surface area contributed by atoms with Gasteiger partial charge in [-0.3, -0.25) is 4.57 Å². The lowest BCUT2D eigenvalue weighted by Gasteiger charge is -2.07. The molecule has 0 radical (unpaired) electrons. The number of nitrogens with two attached hydrogens (primary N) is 1. The summed E-state index contributed by atoms with van der Waals surface area (Å²) in [5.74, 6) is 0.712. The molecule has 2 aromatic rings. The van der Waals surface area contributed by atoms with Gasteiger partial charge >= 0.3 is 18.2 Å². The number of anilines is 1. The number of aromatic nitrogens is 4. The fraction of sp³-hybridized carbons (Fsp3) is 0.625. The lowest BCUT2D eigenvalue weighted by Crippen LogP contribution is -2.14. The summed E-state index contributed by atoms with van der Waals surface area (Å²) in [6, 6.07) is 0.133. The highest BCUT2D eigenvalue weighted by molar-refractivity contribution is 6.17. The first-order valence-corrected chi connectivity index (χ1v) is 9.20. The van der Waals surface area contributed by atoms with E-state index in [4.69, 9.17) is 36.3 Å². The number of carbonyl (C=O) groups excluding carboxylic acids is 1. The molecule has 0 bridgehead atoms. The highest BCUT2D eigenvalue weighted by atomic mass is 35.5. The summed E-state index contributed by atoms with van der Waals surface area (Å²) < 4.78 is 22.2. The van der Waals surface area contributed by atoms with Crippen LogP contribution >= 0.6 is 11.6 Å². The van der Waals surface area contributed by atoms with Gasteiger partial charge in [0.05, 0.1) is 13.2 Å². The van der Waals surface area contributed by atoms with Crippen molar-refractivity contribution in [3.05, 3.63) is 0 Å². The molecular formula is C16H24ClN5O5. The molecule has 10 nitrogen and oxygen atoms in total. The molecule has 0 aromatic carbocycles. The van der Waals surface area contributed by atoms with E-state index in [0.717, 1.165) is 12.8 Å². The van der Waals surface area contributed by atoms with Gasteiger partial charge in [0, 0.05) is 19.5 Å². The minimum absolute atomic E-state index is 0.0355. The number of alkyl halides is 1. The maximum absolute atomic E-state index is 11.9. The van der Waals surface area contributed by atoms with Crippen molar-refractivity contribution >= 4 is 34.7 Å². The smallest absolute Gasteiger partial charge is 0.461 e. The first-order valence-electron chi connectivity index (χ1n) is 8.66. The topological polar surface area (TPSA) is 124 Å². The first-order chi connectivity index (χ1) is 13.1. The molecule has 0 aliphatic rings. The SMILES string of the molecule is CCn1c(OC(=O)OCCCCCCl)nc2c(N)nc(OCCOC)nc21. The van der Waals surface area contributed by atoms with E-state index in [0.29, 0.717) is 36.6 Å². The molecule has 2 rings (SSSR count). The molecule has 0 unspecified atom stereocenters. The fourth-order valence-electron chi connectivity index (χ4n) is 2.26. The molecule has 0 saturated carbocycles. The number of aryl methyl sites for hydroxylation is 1. The Balaban J connectivity index is 2.10. The molecule has 0 aliphatic carbocycles. The van der Waals surface area contributed by atoms with Crippen LogP contribution in [0.25, 0.3) is 11.2 Å². The predicted molar refractivity (Wildman–Crippen MR) is 99.3 cm³/mol. The maximum Gasteiger partial charge on any atom is 0.516 e. The van der Waals surface area contributed by atoms with Gasteiger partial charge in [0.25, 0.3) is 0 Å². The number of halogens is 1. The molecular weight excluding hydrogens is 378 g/mol. The Morgan fingerprint density at radius 1 is 1.15 bits per heavy atom. The number of ether oxygens (including phenoxy) is 4. The summed E-state index contributed by atoms with van der Waals surface area (Å²) in [6.45, 7) is 3.22. The van der Waals surface area contributed by atoms with Crippen LogP contribution in [0.4, 0.5) is 10.6 Å². The summed E-state index contributed by atoms with van der Waals surface area (Å²) in [6.07, 6.45) is 1.63. The van der Waals surface area contributed by atoms with Crippen molar-refractivity contribution in [3.8, 4) is 12.0 Å². The Bertz CT molecular complexity index is 754. The van der Waals surface area contributed by atoms with Crippen LogP contribution in [0.15, 0.2) is 0 Å². The van der Waals surface area contributed by atoms with Crippen LogP contribution in [0.5, 0.6) is 12.0 Å². The summed E-state index contributed by atoms with van der Waals surface area (Å²) in [5, 5.41) is 0. The molecule has 11 heteroatoms. The van der Waals surface area contributed by atoms with Crippen LogP contribution in [0.1, 0.15) is 26.2 Å². The molecule has 150 valence electrons. The predicted octanol–water partition coefficient (Wildman–Crippen LogP) is 2.38. The molecule has 2 heterocycles. The molecule has 2 N–H and O–H groups in total. The second kappa shape index (κ2) is 10.7. The first kappa shape index (κ1) is 21.0. The lowest BCUT2D eigenvalue weighted by atomic mass is 10.3. The van der Waals surface area contributed by atoms with E-state index in [1.165, 1.54) is 0 Å². The van der Waals surface area contributed by atoms with Crippen molar-refractivity contribution < 1.29 is 23.7 Å². The fourth-order valence-corrected chi connectivity index (χ4v) is 2.45. The number of nitrogens with zero attached hydrogens (tertiary/aromatic N) is 4. The second-order valence-corrected chi connectivity index (χ2v) is 5.87. The minimum Gasteiger partial charge on any atom is -0.461 e. The monoisotopic (exact) mass is 401 g/mol. The maximum atomic E-state index is 11.9. The Morgan fingerprint density at radius 3 is 2.67 bits per heavy atom. The number of nitrogen functional groups attached to an aromatic ring is 1. The number of carbonyl (C=O) groups is 1. The van der Waals surface area contributed by atoms with Gasteiger partial charge in [0.15, 0.2) is 17.0 Å². The number of fused-ring (bicyclic) bond motifs is 1. The summed E-state index contributed by atoms with van der Waals surface area (Å²) in [4.78, 5) is 24.4. The van der Waals surface area contributed by atoms with Gasteiger partial charge in [0.1, 0.15) is 6.61 Å². The Hall–Kier alpha value is -2.33. The largest absolute Gasteiger partial charge is 0.516 e. The number of imidazole rings is 1. The number of methoxy groups -OCH3 is 1. The van der Waals surface area contributed by atoms with Crippen LogP contribution in [0, 0.1) is 0 Å². The van der Waals surface area contributed by atoms with Gasteiger partial charge in [0.2, 0.25) is 0 Å². The highest BCUT2D eigenvalue weighted by Crippen LogP contribution is 2.25. The van der Waals surface area contributed by atoms with E-state index < -0.39 is 6.16 Å². The summed E-state index contributed by atoms with van der Waals surface area (Å²) >= 11 is 5.60. The van der Waals surface area contributed by atoms with Gasteiger partial charge in [-0.2, -0.15) is 15.0 Å². The third-order valence-corrected chi connectivity index (χ3v) is 3.84. The van der Waals surface area contributed by atoms with Gasteiger partial charge in [-0.1, -0.05) is 0 Å². The molecule has 0 atom stereocenters. The third kappa shape index (κ3) is 5.83. The molecule has 27 heavy (non-hydrogen) atoms. The number of rotatable bonds is 11. The van der Waals surface area contributed by atoms with Crippen molar-refractivity contribution in [1.82, 2.24) is 19.5 Å². The van der Waals surface area contributed by atoms with Crippen molar-refractivity contribution in [2.75, 3.05) is 38.5 Å². The van der Waals surface area contributed by atoms with Crippen LogP contribution in [-0.4, -0.2) is 58.5 Å². The molecule has 2 aromatic heterocycles. The van der Waals surface area contributed by atoms with Crippen LogP contribution in [-0.2, 0) is 16.0 Å². The van der Waals surface area contributed by atoms with Gasteiger partial charge < -0.3 is 24.7 Å². The Labute approximate surface area is 161 Å². The van der Waals surface area contributed by atoms with E-state index in [1.807, 2.05) is 6.92 Å². The number of hydrogen-bond donors (Lipinski definition) is 1. The molecule has 0 aliphatic heterocycles. The van der Waals surface area contributed by atoms with E-state index >= 15 is 0 Å². The van der Waals surface area contributed by atoms with E-state index in [9.17, 15) is 4.79 Å². The zero-order chi connectivity index (χ0) is 19.6. The molecule has 0 spiro atoms. The average Bonchev–Trinajstić information content (AvgIpc) is 2.99. The molecule has 0 amide bonds. The molecule has 0 saturated heterocycles. The van der Waals surface area contributed by atoms with Crippen molar-refractivity contribution in [2.45, 2.75) is 32.7 Å². The lowest BCUT2D eigenvalue weighted by molar-refractivity contribution is 0.0930. The van der Waals surface area contributed by atoms with Crippen molar-refractivity contribution in [3.63, 3.8) is 0 Å². The number of unbranched alkanes of at least 4 members (excludes halogenated alkanes) is 2. The number of hydrogen-bond acceptors (Lipinski definition) is 9. The zero-order valence-corrected chi connectivity index (χ0v) is 16.2. The van der Waals surface area contributed by atoms with Gasteiger partial charge in [-0.15, -0.1) is 11.6 Å². The van der Waals surface area contributed by atoms with E-state index in [2.05, 4.69) is 15.0 Å². The summed E-state index contributed by atoms with van der Waals surface area (Å²) in [5.41, 5.74) is 6.66. The second-order valence-electron chi connectivity index (χ2n) is 5.49. The summed E-state index contributed by atoms with van der Waals surface area (Å²) in [7, 11) is 1.56. The quantitative estimate of drug-likeness (QED) is 0.343. The van der Waals surface area contributed by atoms with Gasteiger partial charge in [-0.05, 0) is 26.2 Å². The van der Waals surface area contributed by atoms with Crippen LogP contribution in [0.3, 0.4) is 0 Å². The third-order valence-electron chi connectivity index (χ3n) is 3.57. The Kier molecular flexibility index (Phi) is 8.34.